The van der Waals surface area contributed by atoms with Crippen molar-refractivity contribution in [3.63, 3.8) is 0 Å². The Bertz CT molecular complexity index is 533. The van der Waals surface area contributed by atoms with Crippen molar-refractivity contribution in [2.24, 2.45) is 0 Å². The predicted octanol–water partition coefficient (Wildman–Crippen LogP) is 0.239. The summed E-state index contributed by atoms with van der Waals surface area (Å²) < 4.78 is 0. The molecule has 112 valence electrons. The fourth-order valence-corrected chi connectivity index (χ4v) is 2.02. The van der Waals surface area contributed by atoms with E-state index in [9.17, 15) is 0 Å². The van der Waals surface area contributed by atoms with Crippen LogP contribution in [0.25, 0.3) is 0 Å². The van der Waals surface area contributed by atoms with Crippen molar-refractivity contribution in [1.29, 1.82) is 5.41 Å². The summed E-state index contributed by atoms with van der Waals surface area (Å²) in [7, 11) is 8.06. The first-order chi connectivity index (χ1) is 9.49. The van der Waals surface area contributed by atoms with Gasteiger partial charge in [-0.15, -0.1) is 0 Å². The summed E-state index contributed by atoms with van der Waals surface area (Å²) in [5, 5.41) is 8.30. The summed E-state index contributed by atoms with van der Waals surface area (Å²) >= 11 is 0. The molecule has 21 heavy (non-hydrogen) atoms. The van der Waals surface area contributed by atoms with Crippen molar-refractivity contribution in [3.8, 4) is 0 Å². The third-order valence-corrected chi connectivity index (χ3v) is 3.34. The minimum atomic E-state index is 0. The van der Waals surface area contributed by atoms with Crippen molar-refractivity contribution in [2.75, 3.05) is 38.0 Å². The minimum absolute atomic E-state index is 0. The summed E-state index contributed by atoms with van der Waals surface area (Å²) in [4.78, 5) is 4.11. The van der Waals surface area contributed by atoms with E-state index in [1.165, 1.54) is 0 Å². The molecule has 0 saturated carbocycles. The second-order valence-corrected chi connectivity index (χ2v) is 5.26. The van der Waals surface area contributed by atoms with E-state index in [1.54, 1.807) is 0 Å². The van der Waals surface area contributed by atoms with Gasteiger partial charge in [-0.05, 0) is 24.3 Å². The van der Waals surface area contributed by atoms with Crippen LogP contribution in [0.4, 0.5) is 11.4 Å². The molecule has 2 aromatic rings. The molecule has 0 fully saturated rings. The van der Waals surface area contributed by atoms with Crippen LogP contribution in [0, 0.1) is 5.41 Å². The van der Waals surface area contributed by atoms with Crippen molar-refractivity contribution in [2.45, 2.75) is 0 Å². The molecule has 0 bridgehead atoms. The Morgan fingerprint density at radius 2 is 0.952 bits per heavy atom. The number of anilines is 2. The molecule has 0 radical (unpaired) electrons. The van der Waals surface area contributed by atoms with E-state index in [-0.39, 0.29) is 12.4 Å². The Kier molecular flexibility index (Phi) is 5.79. The van der Waals surface area contributed by atoms with Crippen LogP contribution < -0.4 is 22.2 Å². The number of benzene rings is 2. The van der Waals surface area contributed by atoms with Gasteiger partial charge < -0.3 is 22.2 Å². The van der Waals surface area contributed by atoms with Gasteiger partial charge in [-0.1, -0.05) is 24.3 Å². The number of nitrogens with one attached hydrogen (secondary N) is 1. The number of halogens is 1. The van der Waals surface area contributed by atoms with Crippen LogP contribution in [-0.4, -0.2) is 33.9 Å². The number of nitrogens with zero attached hydrogens (tertiary/aromatic N) is 2. The Morgan fingerprint density at radius 1 is 0.667 bits per heavy atom. The molecule has 0 saturated heterocycles. The van der Waals surface area contributed by atoms with E-state index < -0.39 is 0 Å². The van der Waals surface area contributed by atoms with Crippen LogP contribution in [0.1, 0.15) is 11.1 Å². The number of hydrogen-bond donors (Lipinski definition) is 1. The summed E-state index contributed by atoms with van der Waals surface area (Å²) in [5.41, 5.74) is 4.72. The molecule has 2 aromatic carbocycles. The minimum Gasteiger partial charge on any atom is -1.00 e. The molecular formula is C17H21ClN3-. The molecule has 0 aliphatic rings. The Morgan fingerprint density at radius 3 is 1.19 bits per heavy atom. The van der Waals surface area contributed by atoms with E-state index in [2.05, 4.69) is 9.80 Å². The second kappa shape index (κ2) is 7.14. The lowest BCUT2D eigenvalue weighted by molar-refractivity contribution is -0.00000438. The highest BCUT2D eigenvalue weighted by atomic mass is 35.5. The smallest absolute Gasteiger partial charge is 0.0684 e. The first-order valence-electron chi connectivity index (χ1n) is 6.63. The lowest BCUT2D eigenvalue weighted by Gasteiger charge is -2.14. The topological polar surface area (TPSA) is 30.3 Å². The van der Waals surface area contributed by atoms with Gasteiger partial charge in [0, 0.05) is 50.7 Å². The van der Waals surface area contributed by atoms with Gasteiger partial charge in [0.2, 0.25) is 0 Å². The normalized spacial score (nSPS) is 9.71. The fraction of sp³-hybridized carbons (Fsp3) is 0.235. The zero-order chi connectivity index (χ0) is 14.7. The molecule has 0 aliphatic carbocycles. The highest BCUT2D eigenvalue weighted by molar-refractivity contribution is 6.11. The van der Waals surface area contributed by atoms with E-state index in [1.807, 2.05) is 76.7 Å². The zero-order valence-electron chi connectivity index (χ0n) is 12.9. The quantitative estimate of drug-likeness (QED) is 0.820. The molecule has 0 aromatic heterocycles. The third-order valence-electron chi connectivity index (χ3n) is 3.34. The highest BCUT2D eigenvalue weighted by Crippen LogP contribution is 2.18. The molecule has 3 nitrogen and oxygen atoms in total. The van der Waals surface area contributed by atoms with E-state index >= 15 is 0 Å². The van der Waals surface area contributed by atoms with E-state index in [4.69, 9.17) is 5.41 Å². The van der Waals surface area contributed by atoms with Gasteiger partial charge in [0.05, 0.1) is 5.71 Å². The van der Waals surface area contributed by atoms with Crippen LogP contribution in [0.2, 0.25) is 0 Å². The monoisotopic (exact) mass is 302 g/mol. The van der Waals surface area contributed by atoms with Gasteiger partial charge in [-0.25, -0.2) is 0 Å². The first kappa shape index (κ1) is 17.1. The van der Waals surface area contributed by atoms with Crippen molar-refractivity contribution >= 4 is 17.1 Å². The van der Waals surface area contributed by atoms with Gasteiger partial charge in [0.15, 0.2) is 0 Å². The second-order valence-electron chi connectivity index (χ2n) is 5.26. The van der Waals surface area contributed by atoms with E-state index in [0.717, 1.165) is 22.5 Å². The average molecular weight is 303 g/mol. The molecule has 4 heteroatoms. The molecule has 0 atom stereocenters. The van der Waals surface area contributed by atoms with Crippen LogP contribution in [0.3, 0.4) is 0 Å². The standard InChI is InChI=1S/C17H21N3.ClH/c1-19(2)15-9-5-13(6-10-15)17(18)14-7-11-16(12-8-14)20(3)4;/h5-12,18H,1-4H3;1H/p-1. The maximum absolute atomic E-state index is 8.30. The summed E-state index contributed by atoms with van der Waals surface area (Å²) in [5.74, 6) is 0. The van der Waals surface area contributed by atoms with Crippen LogP contribution in [0.15, 0.2) is 48.5 Å². The molecule has 0 heterocycles. The Labute approximate surface area is 133 Å². The predicted molar refractivity (Wildman–Crippen MR) is 87.5 cm³/mol. The molecule has 0 unspecified atom stereocenters. The summed E-state index contributed by atoms with van der Waals surface area (Å²) in [6, 6.07) is 16.1. The maximum Gasteiger partial charge on any atom is 0.0684 e. The average Bonchev–Trinajstić information content (AvgIpc) is 2.46. The maximum atomic E-state index is 8.30. The Hall–Kier alpha value is -2.00. The molecule has 1 N–H and O–H groups in total. The van der Waals surface area contributed by atoms with Crippen LogP contribution >= 0.6 is 0 Å². The van der Waals surface area contributed by atoms with Gasteiger partial charge >= 0.3 is 0 Å². The first-order valence-corrected chi connectivity index (χ1v) is 6.63. The van der Waals surface area contributed by atoms with Gasteiger partial charge in [-0.3, -0.25) is 5.41 Å². The molecular weight excluding hydrogens is 282 g/mol. The fourth-order valence-electron chi connectivity index (χ4n) is 2.02. The molecule has 0 amide bonds. The van der Waals surface area contributed by atoms with Gasteiger partial charge in [-0.2, -0.15) is 0 Å². The van der Waals surface area contributed by atoms with Crippen LogP contribution in [-0.2, 0) is 0 Å². The molecule has 0 spiro atoms. The van der Waals surface area contributed by atoms with Crippen LogP contribution in [0.5, 0.6) is 0 Å². The highest BCUT2D eigenvalue weighted by Gasteiger charge is 2.06. The van der Waals surface area contributed by atoms with Crippen molar-refractivity contribution in [3.05, 3.63) is 59.7 Å². The molecule has 0 aliphatic heterocycles. The lowest BCUT2D eigenvalue weighted by atomic mass is 10.0. The molecule has 2 rings (SSSR count). The largest absolute Gasteiger partial charge is 1.00 e. The van der Waals surface area contributed by atoms with E-state index in [0.29, 0.717) is 5.71 Å². The third kappa shape index (κ3) is 3.99. The lowest BCUT2D eigenvalue weighted by Crippen LogP contribution is -3.00. The van der Waals surface area contributed by atoms with Crippen molar-refractivity contribution < 1.29 is 12.4 Å². The van der Waals surface area contributed by atoms with Crippen molar-refractivity contribution in [1.82, 2.24) is 0 Å². The zero-order valence-corrected chi connectivity index (χ0v) is 13.6. The number of hydrogen-bond acceptors (Lipinski definition) is 3. The SMILES string of the molecule is CN(C)c1ccc(C(=N)c2ccc(N(C)C)cc2)cc1.[Cl-]. The number of rotatable bonds is 4. The Balaban J connectivity index is 0.00000220. The summed E-state index contributed by atoms with van der Waals surface area (Å²) in [6.45, 7) is 0. The van der Waals surface area contributed by atoms with Gasteiger partial charge in [0.25, 0.3) is 0 Å². The summed E-state index contributed by atoms with van der Waals surface area (Å²) in [6.07, 6.45) is 0. The van der Waals surface area contributed by atoms with Gasteiger partial charge in [0.1, 0.15) is 0 Å².